The van der Waals surface area contributed by atoms with Crippen LogP contribution >= 0.6 is 11.8 Å². The molecule has 38 heavy (non-hydrogen) atoms. The van der Waals surface area contributed by atoms with Crippen molar-refractivity contribution in [1.29, 1.82) is 0 Å². The second-order valence-corrected chi connectivity index (χ2v) is 7.94. The van der Waals surface area contributed by atoms with Crippen molar-refractivity contribution in [2.45, 2.75) is 13.8 Å². The van der Waals surface area contributed by atoms with Gasteiger partial charge in [0, 0.05) is 11.8 Å². The standard InChI is InChI=1S/C21H22O4S.2C5H5.2Fe/c1-4-24-20(22)19(21(23)25-5-2)18(16-12-8-9-13-16)17(14-26-3)15-10-6-7-11-15;2*1-2-4-5-3-1;;/h6-14H,4-5H2,1-3H3;2*1-5H;;/q;;;2*+2/b17-14+;;;;. The molecular weight excluding hydrogens is 580 g/mol. The van der Waals surface area contributed by atoms with E-state index in [2.05, 4.69) is 0 Å². The number of rotatable bonds is 8. The molecule has 0 heterocycles. The summed E-state index contributed by atoms with van der Waals surface area (Å²) in [6, 6.07) is 0. The van der Waals surface area contributed by atoms with E-state index in [1.807, 2.05) is 127 Å². The molecule has 0 aromatic carbocycles. The van der Waals surface area contributed by atoms with Crippen LogP contribution in [0.4, 0.5) is 0 Å². The Kier molecular flexibility index (Phi) is 23.4. The number of allylic oxidation sites excluding steroid dienone is 2. The fourth-order valence-electron chi connectivity index (χ4n) is 3.25. The molecule has 0 saturated heterocycles. The maximum absolute atomic E-state index is 12.7. The molecule has 0 aromatic rings. The van der Waals surface area contributed by atoms with Crippen molar-refractivity contribution in [2.75, 3.05) is 19.5 Å². The zero-order valence-corrected chi connectivity index (χ0v) is 24.7. The molecule has 0 aromatic heterocycles. The van der Waals surface area contributed by atoms with Crippen molar-refractivity contribution in [3.05, 3.63) is 150 Å². The normalized spacial score (nSPS) is 19.2. The second-order valence-electron chi connectivity index (χ2n) is 7.23. The molecule has 4 fully saturated rings. The minimum atomic E-state index is -0.680. The third-order valence-corrected chi connectivity index (χ3v) is 5.22. The van der Waals surface area contributed by atoms with Gasteiger partial charge in [-0.15, -0.1) is 11.8 Å². The summed E-state index contributed by atoms with van der Waals surface area (Å²) in [6.07, 6.45) is 37.1. The average Bonchev–Trinajstić information content (AvgIpc) is 3.70. The van der Waals surface area contributed by atoms with E-state index in [9.17, 15) is 9.59 Å². The van der Waals surface area contributed by atoms with E-state index in [1.54, 1.807) is 13.8 Å². The Bertz CT molecular complexity index is 657. The van der Waals surface area contributed by atoms with Gasteiger partial charge in [-0.05, 0) is 152 Å². The first-order valence-corrected chi connectivity index (χ1v) is 13.0. The number of hydrogen-bond donors (Lipinski definition) is 0. The van der Waals surface area contributed by atoms with Gasteiger partial charge in [-0.3, -0.25) is 0 Å². The minimum absolute atomic E-state index is 0. The second kappa shape index (κ2) is 23.5. The van der Waals surface area contributed by atoms with Crippen LogP contribution in [0, 0.1) is 127 Å². The molecule has 0 atom stereocenters. The topological polar surface area (TPSA) is 52.6 Å². The van der Waals surface area contributed by atoms with E-state index in [0.717, 1.165) is 17.4 Å². The summed E-state index contributed by atoms with van der Waals surface area (Å²) in [5.74, 6) is 0.325. The molecule has 4 aliphatic rings. The van der Waals surface area contributed by atoms with Crippen molar-refractivity contribution < 1.29 is 53.2 Å². The predicted octanol–water partition coefficient (Wildman–Crippen LogP) is 5.50. The van der Waals surface area contributed by atoms with E-state index in [0.29, 0.717) is 5.57 Å². The molecule has 4 aliphatic carbocycles. The monoisotopic (exact) mass is 612 g/mol. The molecule has 0 spiro atoms. The summed E-state index contributed by atoms with van der Waals surface area (Å²) in [6.45, 7) is 3.76. The van der Waals surface area contributed by atoms with Gasteiger partial charge in [-0.2, -0.15) is 0 Å². The maximum Gasteiger partial charge on any atom is 2.00 e. The van der Waals surface area contributed by atoms with Gasteiger partial charge >= 0.3 is 46.1 Å². The van der Waals surface area contributed by atoms with E-state index < -0.39 is 11.9 Å². The Morgan fingerprint density at radius 1 is 0.632 bits per heavy atom. The quantitative estimate of drug-likeness (QED) is 0.0905. The summed E-state index contributed by atoms with van der Waals surface area (Å²) in [5.41, 5.74) is 1.22. The van der Waals surface area contributed by atoms with Crippen molar-refractivity contribution in [3.63, 3.8) is 0 Å². The maximum atomic E-state index is 12.7. The van der Waals surface area contributed by atoms with Crippen molar-refractivity contribution in [1.82, 2.24) is 0 Å². The Balaban J connectivity index is 0.000000945. The van der Waals surface area contributed by atoms with Gasteiger partial charge in [0.25, 0.3) is 0 Å². The molecule has 0 unspecified atom stereocenters. The first-order valence-electron chi connectivity index (χ1n) is 11.7. The summed E-state index contributed by atoms with van der Waals surface area (Å²) in [7, 11) is 0. The summed E-state index contributed by atoms with van der Waals surface area (Å²) in [5, 5.41) is 1.93. The van der Waals surface area contributed by atoms with E-state index in [4.69, 9.17) is 9.47 Å². The van der Waals surface area contributed by atoms with Gasteiger partial charge < -0.3 is 9.47 Å². The van der Waals surface area contributed by atoms with Crippen molar-refractivity contribution in [2.24, 2.45) is 0 Å². The van der Waals surface area contributed by atoms with Crippen LogP contribution in [0.1, 0.15) is 13.8 Å². The zero-order valence-electron chi connectivity index (χ0n) is 21.6. The third kappa shape index (κ3) is 13.4. The Hall–Kier alpha value is -0.191. The van der Waals surface area contributed by atoms with Gasteiger partial charge in [0.1, 0.15) is 5.57 Å². The molecule has 7 heteroatoms. The fraction of sp³-hybridized carbons (Fsp3) is 0.161. The Morgan fingerprint density at radius 2 is 0.974 bits per heavy atom. The molecule has 4 nitrogen and oxygen atoms in total. The first kappa shape index (κ1) is 37.8. The van der Waals surface area contributed by atoms with Gasteiger partial charge in [0.15, 0.2) is 0 Å². The smallest absolute Gasteiger partial charge is 0.462 e. The van der Waals surface area contributed by atoms with Crippen LogP contribution in [0.25, 0.3) is 0 Å². The third-order valence-electron chi connectivity index (χ3n) is 4.75. The Morgan fingerprint density at radius 3 is 1.29 bits per heavy atom. The van der Waals surface area contributed by atoms with Crippen LogP contribution in [0.15, 0.2) is 22.1 Å². The van der Waals surface area contributed by atoms with E-state index in [-0.39, 0.29) is 52.9 Å². The van der Waals surface area contributed by atoms with Crippen molar-refractivity contribution >= 4 is 23.7 Å². The SMILES string of the molecule is CCOC(=O)C(C(=O)OCC)=C([C]1[CH][CH][CH][CH]1)/C(=C/SC)[C]1[CH][CH][CH][CH]1.[CH]1[CH][CH][CH][CH]1.[CH]1[CH][CH][CH][CH]1.[Fe+2].[Fe+2]. The van der Waals surface area contributed by atoms with Crippen LogP contribution < -0.4 is 0 Å². The number of carbonyl (C=O) groups is 2. The van der Waals surface area contributed by atoms with Crippen LogP contribution in [0.5, 0.6) is 0 Å². The van der Waals surface area contributed by atoms with E-state index in [1.165, 1.54) is 11.8 Å². The van der Waals surface area contributed by atoms with Crippen LogP contribution in [-0.2, 0) is 53.2 Å². The van der Waals surface area contributed by atoms with Crippen molar-refractivity contribution in [3.8, 4) is 0 Å². The van der Waals surface area contributed by atoms with Gasteiger partial charge in [-0.25, -0.2) is 9.59 Å². The molecule has 198 valence electrons. The first-order chi connectivity index (χ1) is 17.6. The summed E-state index contributed by atoms with van der Waals surface area (Å²) < 4.78 is 10.3. The summed E-state index contributed by atoms with van der Waals surface area (Å²) in [4.78, 5) is 25.3. The van der Waals surface area contributed by atoms with Gasteiger partial charge in [0.05, 0.1) is 13.2 Å². The fourth-order valence-corrected chi connectivity index (χ4v) is 3.74. The number of thioether (sulfide) groups is 1. The van der Waals surface area contributed by atoms with Gasteiger partial charge in [-0.1, -0.05) is 0 Å². The molecule has 4 saturated carbocycles. The minimum Gasteiger partial charge on any atom is -0.462 e. The molecule has 0 aliphatic heterocycles. The molecule has 20 radical (unpaired) electrons. The number of hydrogen-bond acceptors (Lipinski definition) is 5. The molecule has 0 amide bonds. The molecule has 0 N–H and O–H groups in total. The molecule has 0 bridgehead atoms. The predicted molar refractivity (Wildman–Crippen MR) is 146 cm³/mol. The zero-order chi connectivity index (χ0) is 26.0. The summed E-state index contributed by atoms with van der Waals surface area (Å²) >= 11 is 1.50. The van der Waals surface area contributed by atoms with E-state index >= 15 is 0 Å². The molecular formula is C31H32Fe2O4S+4. The molecule has 4 rings (SSSR count). The van der Waals surface area contributed by atoms with Gasteiger partial charge in [0.2, 0.25) is 0 Å². The number of esters is 2. The van der Waals surface area contributed by atoms with Crippen LogP contribution in [-0.4, -0.2) is 31.4 Å². The Labute approximate surface area is 258 Å². The number of ether oxygens (including phenoxy) is 2. The average molecular weight is 612 g/mol. The van der Waals surface area contributed by atoms with Crippen LogP contribution in [0.2, 0.25) is 0 Å². The largest absolute Gasteiger partial charge is 2.00 e. The number of carbonyl (C=O) groups excluding carboxylic acids is 2. The van der Waals surface area contributed by atoms with Crippen LogP contribution in [0.3, 0.4) is 0 Å².